The van der Waals surface area contributed by atoms with Gasteiger partial charge in [-0.05, 0) is 18.9 Å². The lowest BCUT2D eigenvalue weighted by molar-refractivity contribution is -0.141. The Morgan fingerprint density at radius 2 is 2.08 bits per heavy atom. The molecule has 1 heterocycles. The van der Waals surface area contributed by atoms with Crippen LogP contribution in [0, 0.1) is 0 Å². The first-order valence-electron chi connectivity index (χ1n) is 4.05. The second-order valence-electron chi connectivity index (χ2n) is 3.73. The van der Waals surface area contributed by atoms with Crippen molar-refractivity contribution in [3.8, 4) is 0 Å². The minimum Gasteiger partial charge on any atom is -0.281 e. The topological polar surface area (TPSA) is 28.7 Å². The number of H-pyrrole nitrogens is 1. The average molecular weight is 190 g/mol. The maximum absolute atomic E-state index is 12.1. The summed E-state index contributed by atoms with van der Waals surface area (Å²) in [6, 6.07) is 1.10. The zero-order valence-corrected chi connectivity index (χ0v) is 7.07. The van der Waals surface area contributed by atoms with Crippen LogP contribution in [0.2, 0.25) is 0 Å². The van der Waals surface area contributed by atoms with E-state index in [1.54, 1.807) is 0 Å². The molecule has 1 fully saturated rings. The van der Waals surface area contributed by atoms with E-state index in [4.69, 9.17) is 0 Å². The highest BCUT2D eigenvalue weighted by atomic mass is 19.4. The lowest BCUT2D eigenvalue weighted by Gasteiger charge is -2.02. The van der Waals surface area contributed by atoms with E-state index in [1.165, 1.54) is 0 Å². The molecule has 0 atom stereocenters. The number of rotatable bonds is 1. The van der Waals surface area contributed by atoms with E-state index >= 15 is 0 Å². The Morgan fingerprint density at radius 1 is 1.46 bits per heavy atom. The number of aromatic nitrogens is 2. The van der Waals surface area contributed by atoms with Crippen LogP contribution in [-0.2, 0) is 11.6 Å². The van der Waals surface area contributed by atoms with Crippen molar-refractivity contribution in [2.75, 3.05) is 0 Å². The molecule has 0 spiro atoms. The largest absolute Gasteiger partial charge is 0.435 e. The SMILES string of the molecule is CC1(c2cc(C(F)(F)F)n[nH]2)CC1. The van der Waals surface area contributed by atoms with Crippen molar-refractivity contribution >= 4 is 0 Å². The van der Waals surface area contributed by atoms with Crippen molar-refractivity contribution in [1.82, 2.24) is 10.2 Å². The van der Waals surface area contributed by atoms with Crippen LogP contribution in [0.15, 0.2) is 6.07 Å². The Bertz CT molecular complexity index is 303. The third-order valence-corrected chi connectivity index (χ3v) is 2.52. The fourth-order valence-corrected chi connectivity index (χ4v) is 1.23. The monoisotopic (exact) mass is 190 g/mol. The summed E-state index contributed by atoms with van der Waals surface area (Å²) in [5, 5.41) is 5.69. The predicted octanol–water partition coefficient (Wildman–Crippen LogP) is 2.48. The van der Waals surface area contributed by atoms with Gasteiger partial charge in [-0.15, -0.1) is 0 Å². The molecule has 1 aliphatic carbocycles. The van der Waals surface area contributed by atoms with Crippen LogP contribution < -0.4 is 0 Å². The second-order valence-corrected chi connectivity index (χ2v) is 3.73. The number of hydrogen-bond acceptors (Lipinski definition) is 1. The summed E-state index contributed by atoms with van der Waals surface area (Å²) in [6.07, 6.45) is -2.46. The van der Waals surface area contributed by atoms with Crippen molar-refractivity contribution in [3.63, 3.8) is 0 Å². The van der Waals surface area contributed by atoms with Gasteiger partial charge in [-0.3, -0.25) is 5.10 Å². The minimum atomic E-state index is -4.33. The van der Waals surface area contributed by atoms with Gasteiger partial charge < -0.3 is 0 Å². The number of nitrogens with one attached hydrogen (secondary N) is 1. The van der Waals surface area contributed by atoms with Crippen LogP contribution in [0.25, 0.3) is 0 Å². The van der Waals surface area contributed by atoms with Gasteiger partial charge in [0.25, 0.3) is 0 Å². The minimum absolute atomic E-state index is 0.0868. The van der Waals surface area contributed by atoms with Gasteiger partial charge in [-0.1, -0.05) is 6.92 Å². The molecule has 1 aliphatic rings. The molecule has 0 saturated heterocycles. The summed E-state index contributed by atoms with van der Waals surface area (Å²) in [5.41, 5.74) is -0.313. The van der Waals surface area contributed by atoms with Gasteiger partial charge in [0.2, 0.25) is 0 Å². The van der Waals surface area contributed by atoms with Crippen molar-refractivity contribution in [3.05, 3.63) is 17.5 Å². The first kappa shape index (κ1) is 8.59. The van der Waals surface area contributed by atoms with Crippen LogP contribution >= 0.6 is 0 Å². The van der Waals surface area contributed by atoms with Gasteiger partial charge in [0.15, 0.2) is 5.69 Å². The van der Waals surface area contributed by atoms with Crippen molar-refractivity contribution < 1.29 is 13.2 Å². The predicted molar refractivity (Wildman–Crippen MR) is 40.2 cm³/mol. The molecule has 2 nitrogen and oxygen atoms in total. The maximum Gasteiger partial charge on any atom is 0.435 e. The Balaban J connectivity index is 2.29. The molecule has 2 rings (SSSR count). The molecule has 0 unspecified atom stereocenters. The van der Waals surface area contributed by atoms with Crippen LogP contribution in [0.5, 0.6) is 0 Å². The first-order valence-corrected chi connectivity index (χ1v) is 4.05. The zero-order chi connectivity index (χ0) is 9.69. The highest BCUT2D eigenvalue weighted by Gasteiger charge is 2.43. The van der Waals surface area contributed by atoms with Gasteiger partial charge in [-0.25, -0.2) is 0 Å². The lowest BCUT2D eigenvalue weighted by atomic mass is 10.1. The van der Waals surface area contributed by atoms with E-state index < -0.39 is 11.9 Å². The number of nitrogens with zero attached hydrogens (tertiary/aromatic N) is 1. The van der Waals surface area contributed by atoms with Gasteiger partial charge in [0.05, 0.1) is 0 Å². The van der Waals surface area contributed by atoms with E-state index in [-0.39, 0.29) is 5.41 Å². The quantitative estimate of drug-likeness (QED) is 0.724. The van der Waals surface area contributed by atoms with Gasteiger partial charge in [0.1, 0.15) is 0 Å². The van der Waals surface area contributed by atoms with Gasteiger partial charge in [0, 0.05) is 11.1 Å². The third kappa shape index (κ3) is 1.43. The zero-order valence-electron chi connectivity index (χ0n) is 7.07. The fourth-order valence-electron chi connectivity index (χ4n) is 1.23. The molecule has 0 aliphatic heterocycles. The smallest absolute Gasteiger partial charge is 0.281 e. The third-order valence-electron chi connectivity index (χ3n) is 2.52. The number of hydrogen-bond donors (Lipinski definition) is 1. The lowest BCUT2D eigenvalue weighted by Crippen LogP contribution is -2.05. The van der Waals surface area contributed by atoms with E-state index in [0.29, 0.717) is 5.69 Å². The Labute approximate surface area is 73.1 Å². The van der Waals surface area contributed by atoms with E-state index in [2.05, 4.69) is 10.2 Å². The molecule has 0 amide bonds. The Kier molecular flexibility index (Phi) is 1.50. The molecule has 1 aromatic heterocycles. The van der Waals surface area contributed by atoms with Crippen molar-refractivity contribution in [2.24, 2.45) is 0 Å². The molecular weight excluding hydrogens is 181 g/mol. The summed E-state index contributed by atoms with van der Waals surface area (Å²) in [4.78, 5) is 0. The van der Waals surface area contributed by atoms with Crippen LogP contribution in [0.4, 0.5) is 13.2 Å². The number of halogens is 3. The molecule has 13 heavy (non-hydrogen) atoms. The summed E-state index contributed by atoms with van der Waals surface area (Å²) in [6.45, 7) is 1.93. The molecule has 1 aromatic rings. The molecule has 0 bridgehead atoms. The molecule has 0 aromatic carbocycles. The highest BCUT2D eigenvalue weighted by molar-refractivity contribution is 5.25. The van der Waals surface area contributed by atoms with E-state index in [1.807, 2.05) is 6.92 Å². The number of aromatic amines is 1. The summed E-state index contributed by atoms with van der Waals surface area (Å²) in [7, 11) is 0. The molecular formula is C8H9F3N2. The van der Waals surface area contributed by atoms with Gasteiger partial charge >= 0.3 is 6.18 Å². The Hall–Kier alpha value is -1.00. The van der Waals surface area contributed by atoms with Crippen LogP contribution in [0.1, 0.15) is 31.2 Å². The van der Waals surface area contributed by atoms with Crippen LogP contribution in [0.3, 0.4) is 0 Å². The summed E-state index contributed by atoms with van der Waals surface area (Å²) >= 11 is 0. The van der Waals surface area contributed by atoms with E-state index in [9.17, 15) is 13.2 Å². The normalized spacial score (nSPS) is 20.3. The van der Waals surface area contributed by atoms with Crippen LogP contribution in [-0.4, -0.2) is 10.2 Å². The maximum atomic E-state index is 12.1. The average Bonchev–Trinajstić information content (AvgIpc) is 2.60. The number of alkyl halides is 3. The van der Waals surface area contributed by atoms with Gasteiger partial charge in [-0.2, -0.15) is 18.3 Å². The second kappa shape index (κ2) is 2.27. The highest BCUT2D eigenvalue weighted by Crippen LogP contribution is 2.47. The van der Waals surface area contributed by atoms with Crippen molar-refractivity contribution in [1.29, 1.82) is 0 Å². The summed E-state index contributed by atoms with van der Waals surface area (Å²) in [5.74, 6) is 0. The molecule has 5 heteroatoms. The summed E-state index contributed by atoms with van der Waals surface area (Å²) < 4.78 is 36.4. The molecule has 0 radical (unpaired) electrons. The molecule has 72 valence electrons. The Morgan fingerprint density at radius 3 is 2.46 bits per heavy atom. The molecule has 1 saturated carbocycles. The molecule has 1 N–H and O–H groups in total. The van der Waals surface area contributed by atoms with Crippen molar-refractivity contribution in [2.45, 2.75) is 31.4 Å². The van der Waals surface area contributed by atoms with E-state index in [0.717, 1.165) is 18.9 Å². The standard InChI is InChI=1S/C8H9F3N2/c1-7(2-3-7)5-4-6(13-12-5)8(9,10)11/h4H,2-3H2,1H3,(H,12,13). The fraction of sp³-hybridized carbons (Fsp3) is 0.625. The first-order chi connectivity index (χ1) is 5.92.